The van der Waals surface area contributed by atoms with Crippen LogP contribution in [0.5, 0.6) is 0 Å². The number of thiazole rings is 1. The third-order valence-electron chi connectivity index (χ3n) is 2.59. The molecule has 2 heterocycles. The molecule has 2 N–H and O–H groups in total. The van der Waals surface area contributed by atoms with Crippen molar-refractivity contribution in [1.82, 2.24) is 15.0 Å². The van der Waals surface area contributed by atoms with E-state index in [0.29, 0.717) is 12.4 Å². The van der Waals surface area contributed by atoms with Crippen molar-refractivity contribution in [3.8, 4) is 0 Å². The van der Waals surface area contributed by atoms with Crippen LogP contribution in [0.3, 0.4) is 0 Å². The Kier molecular flexibility index (Phi) is 4.59. The molecule has 0 bridgehead atoms. The van der Waals surface area contributed by atoms with Gasteiger partial charge < -0.3 is 15.2 Å². The van der Waals surface area contributed by atoms with E-state index in [1.807, 2.05) is 12.3 Å². The van der Waals surface area contributed by atoms with E-state index in [2.05, 4.69) is 20.3 Å². The van der Waals surface area contributed by atoms with Crippen molar-refractivity contribution in [2.75, 3.05) is 12.4 Å². The van der Waals surface area contributed by atoms with Crippen molar-refractivity contribution in [2.24, 2.45) is 0 Å². The molecule has 0 aromatic carbocycles. The second kappa shape index (κ2) is 6.40. The van der Waals surface area contributed by atoms with Crippen LogP contribution in [0.2, 0.25) is 0 Å². The molecule has 106 valence electrons. The van der Waals surface area contributed by atoms with E-state index >= 15 is 0 Å². The van der Waals surface area contributed by atoms with E-state index in [-0.39, 0.29) is 11.8 Å². The minimum Gasteiger partial charge on any atom is -0.476 e. The number of carboxylic acids is 1. The molecular formula is C12H14N4O3S. The lowest BCUT2D eigenvalue weighted by Crippen LogP contribution is -2.06. The molecule has 0 aliphatic rings. The summed E-state index contributed by atoms with van der Waals surface area (Å²) in [5.41, 5.74) is 0.790. The Bertz CT molecular complexity index is 585. The lowest BCUT2D eigenvalue weighted by molar-refractivity contribution is 0.0690. The van der Waals surface area contributed by atoms with Crippen LogP contribution in [0, 0.1) is 0 Å². The van der Waals surface area contributed by atoms with E-state index in [1.54, 1.807) is 7.11 Å². The molecule has 8 heteroatoms. The Labute approximate surface area is 119 Å². The molecule has 0 aliphatic carbocycles. The molecule has 0 saturated heterocycles. The van der Waals surface area contributed by atoms with Gasteiger partial charge in [-0.2, -0.15) is 0 Å². The van der Waals surface area contributed by atoms with Crippen LogP contribution in [0.25, 0.3) is 0 Å². The van der Waals surface area contributed by atoms with Crippen molar-refractivity contribution >= 4 is 23.1 Å². The van der Waals surface area contributed by atoms with Gasteiger partial charge in [0.25, 0.3) is 0 Å². The van der Waals surface area contributed by atoms with Gasteiger partial charge >= 0.3 is 5.97 Å². The number of anilines is 1. The minimum absolute atomic E-state index is 0.0246. The van der Waals surface area contributed by atoms with Crippen molar-refractivity contribution in [1.29, 1.82) is 0 Å². The summed E-state index contributed by atoms with van der Waals surface area (Å²) < 4.78 is 5.20. The van der Waals surface area contributed by atoms with E-state index in [9.17, 15) is 4.79 Å². The van der Waals surface area contributed by atoms with E-state index in [0.717, 1.165) is 10.7 Å². The second-order valence-electron chi connectivity index (χ2n) is 4.00. The van der Waals surface area contributed by atoms with E-state index in [4.69, 9.17) is 9.84 Å². The Morgan fingerprint density at radius 1 is 1.50 bits per heavy atom. The Balaban J connectivity index is 1.94. The van der Waals surface area contributed by atoms with Crippen LogP contribution >= 0.6 is 11.3 Å². The smallest absolute Gasteiger partial charge is 0.356 e. The molecule has 0 fully saturated rings. The highest BCUT2D eigenvalue weighted by atomic mass is 32.1. The molecular weight excluding hydrogens is 280 g/mol. The highest BCUT2D eigenvalue weighted by Crippen LogP contribution is 2.20. The average molecular weight is 294 g/mol. The molecule has 2 rings (SSSR count). The molecule has 0 amide bonds. The third kappa shape index (κ3) is 3.49. The quantitative estimate of drug-likeness (QED) is 0.840. The predicted molar refractivity (Wildman–Crippen MR) is 73.9 cm³/mol. The third-order valence-corrected chi connectivity index (χ3v) is 3.65. The fourth-order valence-corrected chi connectivity index (χ4v) is 2.25. The first-order chi connectivity index (χ1) is 9.60. The maximum absolute atomic E-state index is 10.6. The fourth-order valence-electron chi connectivity index (χ4n) is 1.40. The zero-order valence-electron chi connectivity index (χ0n) is 11.0. The van der Waals surface area contributed by atoms with Crippen LogP contribution in [-0.2, 0) is 11.3 Å². The van der Waals surface area contributed by atoms with Gasteiger partial charge in [0.2, 0.25) is 0 Å². The summed E-state index contributed by atoms with van der Waals surface area (Å²) in [7, 11) is 1.64. The van der Waals surface area contributed by atoms with Gasteiger partial charge in [-0.25, -0.2) is 19.7 Å². The van der Waals surface area contributed by atoms with Gasteiger partial charge in [-0.1, -0.05) is 0 Å². The second-order valence-corrected chi connectivity index (χ2v) is 4.89. The van der Waals surface area contributed by atoms with Crippen molar-refractivity contribution in [2.45, 2.75) is 19.6 Å². The molecule has 0 aliphatic heterocycles. The zero-order valence-corrected chi connectivity index (χ0v) is 11.8. The van der Waals surface area contributed by atoms with Crippen LogP contribution < -0.4 is 5.32 Å². The topological polar surface area (TPSA) is 97.2 Å². The van der Waals surface area contributed by atoms with Gasteiger partial charge in [-0.05, 0) is 6.92 Å². The molecule has 1 unspecified atom stereocenters. The van der Waals surface area contributed by atoms with E-state index < -0.39 is 5.97 Å². The fraction of sp³-hybridized carbons (Fsp3) is 0.333. The lowest BCUT2D eigenvalue weighted by Gasteiger charge is -2.04. The van der Waals surface area contributed by atoms with Crippen LogP contribution in [0.15, 0.2) is 17.8 Å². The van der Waals surface area contributed by atoms with Crippen LogP contribution in [0.1, 0.15) is 34.2 Å². The molecule has 20 heavy (non-hydrogen) atoms. The zero-order chi connectivity index (χ0) is 14.5. The van der Waals surface area contributed by atoms with Gasteiger partial charge in [0.1, 0.15) is 16.9 Å². The molecule has 0 radical (unpaired) electrons. The number of carbonyl (C=O) groups is 1. The number of methoxy groups -OCH3 is 1. The molecule has 2 aromatic rings. The lowest BCUT2D eigenvalue weighted by atomic mass is 10.4. The highest BCUT2D eigenvalue weighted by Gasteiger charge is 2.09. The van der Waals surface area contributed by atoms with Crippen LogP contribution in [-0.4, -0.2) is 33.1 Å². The first kappa shape index (κ1) is 14.4. The standard InChI is InChI=1S/C12H14N4O3S/c1-7(19-2)11-16-8(6-20-11)3-14-10-5-13-9(4-15-10)12(17)18/h4-7H,3H2,1-2H3,(H,14,15)(H,17,18). The molecule has 7 nitrogen and oxygen atoms in total. The summed E-state index contributed by atoms with van der Waals surface area (Å²) in [6.07, 6.45) is 2.57. The molecule has 2 aromatic heterocycles. The van der Waals surface area contributed by atoms with Crippen molar-refractivity contribution < 1.29 is 14.6 Å². The van der Waals surface area contributed by atoms with Gasteiger partial charge in [-0.15, -0.1) is 11.3 Å². The summed E-state index contributed by atoms with van der Waals surface area (Å²) in [5.74, 6) is -0.592. The molecule has 1 atom stereocenters. The van der Waals surface area contributed by atoms with Gasteiger partial charge in [0.05, 0.1) is 24.6 Å². The number of aromatic carboxylic acids is 1. The van der Waals surface area contributed by atoms with Gasteiger partial charge in [-0.3, -0.25) is 0 Å². The molecule has 0 spiro atoms. The first-order valence-corrected chi connectivity index (χ1v) is 6.74. The first-order valence-electron chi connectivity index (χ1n) is 5.86. The number of aromatic nitrogens is 3. The van der Waals surface area contributed by atoms with E-state index in [1.165, 1.54) is 23.7 Å². The van der Waals surface area contributed by atoms with Crippen molar-refractivity contribution in [3.05, 3.63) is 34.2 Å². The maximum atomic E-state index is 10.6. The summed E-state index contributed by atoms with van der Waals surface area (Å²) in [5, 5.41) is 14.6. The molecule has 0 saturated carbocycles. The number of nitrogens with zero attached hydrogens (tertiary/aromatic N) is 3. The summed E-state index contributed by atoms with van der Waals surface area (Å²) in [6.45, 7) is 2.43. The SMILES string of the molecule is COC(C)c1nc(CNc2cnc(C(=O)O)cn2)cs1. The van der Waals surface area contributed by atoms with Gasteiger partial charge in [0.15, 0.2) is 5.69 Å². The highest BCUT2D eigenvalue weighted by molar-refractivity contribution is 7.09. The maximum Gasteiger partial charge on any atom is 0.356 e. The predicted octanol–water partition coefficient (Wildman–Crippen LogP) is 1.95. The number of ether oxygens (including phenoxy) is 1. The Morgan fingerprint density at radius 2 is 2.30 bits per heavy atom. The average Bonchev–Trinajstić information content (AvgIpc) is 2.93. The normalized spacial score (nSPS) is 12.1. The summed E-state index contributed by atoms with van der Waals surface area (Å²) >= 11 is 1.53. The number of rotatable bonds is 6. The van der Waals surface area contributed by atoms with Crippen molar-refractivity contribution in [3.63, 3.8) is 0 Å². The largest absolute Gasteiger partial charge is 0.476 e. The monoisotopic (exact) mass is 294 g/mol. The summed E-state index contributed by atoms with van der Waals surface area (Å²) in [4.78, 5) is 22.8. The summed E-state index contributed by atoms with van der Waals surface area (Å²) in [6, 6.07) is 0. The van der Waals surface area contributed by atoms with Crippen LogP contribution in [0.4, 0.5) is 5.82 Å². The minimum atomic E-state index is -1.10. The number of hydrogen-bond donors (Lipinski definition) is 2. The van der Waals surface area contributed by atoms with Gasteiger partial charge in [0, 0.05) is 12.5 Å². The Morgan fingerprint density at radius 3 is 2.90 bits per heavy atom. The number of carboxylic acid groups (broad SMARTS) is 1. The number of hydrogen-bond acceptors (Lipinski definition) is 7. The Hall–Kier alpha value is -2.06. The number of nitrogens with one attached hydrogen (secondary N) is 1.